The molecule has 2 N–H and O–H groups in total. The quantitative estimate of drug-likeness (QED) is 0.360. The number of amides is 1. The predicted octanol–water partition coefficient (Wildman–Crippen LogP) is 0.880. The normalized spacial score (nSPS) is 19.0. The smallest absolute Gasteiger partial charge is 0.331 e. The van der Waals surface area contributed by atoms with Gasteiger partial charge in [0.15, 0.2) is 5.50 Å². The van der Waals surface area contributed by atoms with Crippen molar-refractivity contribution in [2.24, 2.45) is 5.10 Å². The molecule has 23 heavy (non-hydrogen) atoms. The van der Waals surface area contributed by atoms with Gasteiger partial charge in [-0.1, -0.05) is 23.9 Å². The molecule has 7 nitrogen and oxygen atoms in total. The molecular formula is C15H18N4O3S. The first-order valence-electron chi connectivity index (χ1n) is 6.83. The van der Waals surface area contributed by atoms with Gasteiger partial charge in [0.2, 0.25) is 0 Å². The van der Waals surface area contributed by atoms with Crippen LogP contribution in [0.15, 0.2) is 40.3 Å². The second-order valence-corrected chi connectivity index (χ2v) is 6.02. The third kappa shape index (κ3) is 4.75. The second-order valence-electron chi connectivity index (χ2n) is 4.88. The number of methoxy groups -OCH3 is 1. The molecule has 1 aromatic carbocycles. The van der Waals surface area contributed by atoms with Crippen LogP contribution in [0.4, 0.5) is 5.69 Å². The molecule has 1 atom stereocenters. The third-order valence-corrected chi connectivity index (χ3v) is 4.01. The molecule has 1 amide bonds. The highest BCUT2D eigenvalue weighted by atomic mass is 32.2. The summed E-state index contributed by atoms with van der Waals surface area (Å²) in [5, 5.41) is 6.76. The summed E-state index contributed by atoms with van der Waals surface area (Å²) in [5.74, 6) is -0.892. The van der Waals surface area contributed by atoms with Crippen LogP contribution >= 0.6 is 11.8 Å². The second kappa shape index (κ2) is 7.68. The number of rotatable bonds is 5. The summed E-state index contributed by atoms with van der Waals surface area (Å²) in [4.78, 5) is 25.1. The van der Waals surface area contributed by atoms with E-state index in [1.165, 1.54) is 18.9 Å². The van der Waals surface area contributed by atoms with Crippen molar-refractivity contribution in [1.82, 2.24) is 10.7 Å². The van der Waals surface area contributed by atoms with Crippen molar-refractivity contribution in [3.8, 4) is 0 Å². The molecule has 0 spiro atoms. The predicted molar refractivity (Wildman–Crippen MR) is 91.1 cm³/mol. The molecule has 8 heteroatoms. The van der Waals surface area contributed by atoms with E-state index in [2.05, 4.69) is 20.6 Å². The van der Waals surface area contributed by atoms with Crippen molar-refractivity contribution in [3.63, 3.8) is 0 Å². The Bertz CT molecular complexity index is 641. The van der Waals surface area contributed by atoms with Gasteiger partial charge in [0.05, 0.1) is 18.2 Å². The van der Waals surface area contributed by atoms with Gasteiger partial charge in [-0.05, 0) is 17.7 Å². The number of anilines is 1. The molecule has 1 fully saturated rings. The Kier molecular flexibility index (Phi) is 5.64. The van der Waals surface area contributed by atoms with Crippen molar-refractivity contribution in [1.29, 1.82) is 0 Å². The van der Waals surface area contributed by atoms with Gasteiger partial charge in [0, 0.05) is 25.9 Å². The zero-order valence-corrected chi connectivity index (χ0v) is 13.9. The van der Waals surface area contributed by atoms with Gasteiger partial charge in [0.1, 0.15) is 0 Å². The van der Waals surface area contributed by atoms with Crippen LogP contribution in [0.25, 0.3) is 0 Å². The van der Waals surface area contributed by atoms with Crippen LogP contribution in [0.2, 0.25) is 0 Å². The van der Waals surface area contributed by atoms with Crippen LogP contribution in [0.3, 0.4) is 0 Å². The van der Waals surface area contributed by atoms with Gasteiger partial charge >= 0.3 is 5.97 Å². The molecule has 0 saturated carbocycles. The molecule has 1 heterocycles. The topological polar surface area (TPSA) is 83.0 Å². The van der Waals surface area contributed by atoms with E-state index in [-0.39, 0.29) is 5.91 Å². The van der Waals surface area contributed by atoms with Crippen molar-refractivity contribution in [2.75, 3.05) is 26.1 Å². The largest absolute Gasteiger partial charge is 0.466 e. The molecule has 0 unspecified atom stereocenters. The number of nitrogens with zero attached hydrogens (tertiary/aromatic N) is 2. The Morgan fingerprint density at radius 3 is 2.70 bits per heavy atom. The number of ether oxygens (including phenoxy) is 1. The fourth-order valence-electron chi connectivity index (χ4n) is 1.76. The molecule has 1 aromatic rings. The maximum atomic E-state index is 11.7. The maximum absolute atomic E-state index is 11.7. The Morgan fingerprint density at radius 2 is 2.09 bits per heavy atom. The van der Waals surface area contributed by atoms with Gasteiger partial charge in [0.25, 0.3) is 5.91 Å². The Labute approximate surface area is 138 Å². The number of nitrogens with one attached hydrogen (secondary N) is 2. The van der Waals surface area contributed by atoms with Gasteiger partial charge in [-0.15, -0.1) is 0 Å². The summed E-state index contributed by atoms with van der Waals surface area (Å²) in [6, 6.07) is 7.88. The molecule has 0 aliphatic carbocycles. The minimum atomic E-state index is -0.562. The summed E-state index contributed by atoms with van der Waals surface area (Å²) in [7, 11) is 5.21. The van der Waals surface area contributed by atoms with E-state index in [9.17, 15) is 9.59 Å². The Hall–Kier alpha value is -2.48. The average molecular weight is 334 g/mol. The lowest BCUT2D eigenvalue weighted by Crippen LogP contribution is -2.34. The number of hydrazone groups is 1. The number of benzene rings is 1. The first-order valence-corrected chi connectivity index (χ1v) is 7.70. The van der Waals surface area contributed by atoms with Crippen LogP contribution in [-0.2, 0) is 14.3 Å². The van der Waals surface area contributed by atoms with Crippen molar-refractivity contribution in [3.05, 3.63) is 40.8 Å². The van der Waals surface area contributed by atoms with E-state index in [1.807, 2.05) is 43.3 Å². The molecule has 2 rings (SSSR count). The average Bonchev–Trinajstić information content (AvgIpc) is 2.87. The van der Waals surface area contributed by atoms with Crippen LogP contribution in [0.5, 0.6) is 0 Å². The van der Waals surface area contributed by atoms with E-state index in [0.717, 1.165) is 17.3 Å². The van der Waals surface area contributed by atoms with E-state index in [1.54, 1.807) is 6.21 Å². The van der Waals surface area contributed by atoms with E-state index < -0.39 is 11.5 Å². The fraction of sp³-hybridized carbons (Fsp3) is 0.267. The molecule has 0 bridgehead atoms. The van der Waals surface area contributed by atoms with Gasteiger partial charge in [-0.2, -0.15) is 5.10 Å². The summed E-state index contributed by atoms with van der Waals surface area (Å²) in [5.41, 5.74) is 4.43. The van der Waals surface area contributed by atoms with Crippen LogP contribution in [-0.4, -0.2) is 44.8 Å². The van der Waals surface area contributed by atoms with Gasteiger partial charge in [-0.25, -0.2) is 4.79 Å². The SMILES string of the molecule is COC(=O)/C=C1\S[C@H](N/N=C\c2ccc(N(C)C)cc2)NC1=O. The lowest BCUT2D eigenvalue weighted by molar-refractivity contribution is -0.135. The van der Waals surface area contributed by atoms with Crippen molar-refractivity contribution in [2.45, 2.75) is 5.50 Å². The van der Waals surface area contributed by atoms with Gasteiger partial charge < -0.3 is 15.0 Å². The molecule has 1 aliphatic rings. The minimum Gasteiger partial charge on any atom is -0.466 e. The third-order valence-electron chi connectivity index (χ3n) is 3.00. The molecular weight excluding hydrogens is 316 g/mol. The molecule has 122 valence electrons. The highest BCUT2D eigenvalue weighted by molar-refractivity contribution is 8.05. The van der Waals surface area contributed by atoms with Crippen LogP contribution in [0.1, 0.15) is 5.56 Å². The number of carbonyl (C=O) groups excluding carboxylic acids is 2. The van der Waals surface area contributed by atoms with Gasteiger partial charge in [-0.3, -0.25) is 10.2 Å². The first kappa shape index (κ1) is 16.9. The molecule has 1 aliphatic heterocycles. The Morgan fingerprint density at radius 1 is 1.39 bits per heavy atom. The highest BCUT2D eigenvalue weighted by Gasteiger charge is 2.27. The minimum absolute atomic E-state index is 0.292. The summed E-state index contributed by atoms with van der Waals surface area (Å²) >= 11 is 1.17. The molecule has 0 radical (unpaired) electrons. The lowest BCUT2D eigenvalue weighted by atomic mass is 10.2. The number of hydrogen-bond donors (Lipinski definition) is 2. The summed E-state index contributed by atoms with van der Waals surface area (Å²) < 4.78 is 4.50. The maximum Gasteiger partial charge on any atom is 0.331 e. The fourth-order valence-corrected chi connectivity index (χ4v) is 2.63. The number of carbonyl (C=O) groups is 2. The number of esters is 1. The number of hydrogen-bond acceptors (Lipinski definition) is 7. The standard InChI is InChI=1S/C15H18N4O3S/c1-19(2)11-6-4-10(5-7-11)9-16-18-15-17-14(21)12(23-15)8-13(20)22-3/h4-9,15,18H,1-3H3,(H,17,21)/b12-8-,16-9-/t15-/m0/s1. The summed E-state index contributed by atoms with van der Waals surface area (Å²) in [6.45, 7) is 0. The first-order chi connectivity index (χ1) is 11.0. The van der Waals surface area contributed by atoms with Crippen molar-refractivity contribution >= 4 is 35.5 Å². The van der Waals surface area contributed by atoms with Crippen LogP contribution in [0, 0.1) is 0 Å². The van der Waals surface area contributed by atoms with E-state index in [4.69, 9.17) is 0 Å². The van der Waals surface area contributed by atoms with E-state index >= 15 is 0 Å². The van der Waals surface area contributed by atoms with Crippen LogP contribution < -0.4 is 15.6 Å². The lowest BCUT2D eigenvalue weighted by Gasteiger charge is -2.11. The zero-order valence-electron chi connectivity index (χ0n) is 13.1. The monoisotopic (exact) mass is 334 g/mol. The zero-order chi connectivity index (χ0) is 16.8. The summed E-state index contributed by atoms with van der Waals surface area (Å²) in [6.07, 6.45) is 2.82. The Balaban J connectivity index is 1.90. The van der Waals surface area contributed by atoms with Crippen molar-refractivity contribution < 1.29 is 14.3 Å². The highest BCUT2D eigenvalue weighted by Crippen LogP contribution is 2.25. The van der Waals surface area contributed by atoms with E-state index in [0.29, 0.717) is 4.91 Å². The molecule has 1 saturated heterocycles. The number of thioether (sulfide) groups is 1. The molecule has 0 aromatic heterocycles.